The van der Waals surface area contributed by atoms with Crippen molar-refractivity contribution in [1.82, 2.24) is 0 Å². The molecule has 7 nitrogen and oxygen atoms in total. The number of carboxylic acid groups (broad SMARTS) is 1. The quantitative estimate of drug-likeness (QED) is 0.126. The summed E-state index contributed by atoms with van der Waals surface area (Å²) in [5, 5.41) is 26.9. The van der Waals surface area contributed by atoms with Gasteiger partial charge in [-0.15, -0.1) is 0 Å². The van der Waals surface area contributed by atoms with Crippen LogP contribution in [-0.2, 0) is 36.1 Å². The summed E-state index contributed by atoms with van der Waals surface area (Å²) < 4.78 is 15.0. The Kier molecular flexibility index (Phi) is 42.1. The first-order valence-electron chi connectivity index (χ1n) is 13.3. The van der Waals surface area contributed by atoms with Crippen LogP contribution in [0.25, 0.3) is 0 Å². The Morgan fingerprint density at radius 3 is 1.15 bits per heavy atom. The maximum Gasteiger partial charge on any atom is 1.00 e. The van der Waals surface area contributed by atoms with Gasteiger partial charge in [0.25, 0.3) is 0 Å². The normalized spacial score (nSPS) is 10.4. The third-order valence-corrected chi connectivity index (χ3v) is 5.20. The molecule has 2 N–H and O–H groups in total. The van der Waals surface area contributed by atoms with Crippen molar-refractivity contribution >= 4 is 5.97 Å². The number of rotatable bonds is 26. The number of unbranched alkanes of at least 4 members (excludes halogenated alkanes) is 14. The predicted octanol–water partition coefficient (Wildman–Crippen LogP) is 4.02. The monoisotopic (exact) mass is 540 g/mol. The van der Waals surface area contributed by atoms with Crippen molar-refractivity contribution in [1.29, 1.82) is 0 Å². The van der Waals surface area contributed by atoms with Gasteiger partial charge in [-0.05, 0) is 12.8 Å². The molecule has 0 atom stereocenters. The van der Waals surface area contributed by atoms with E-state index in [-0.39, 0.29) is 36.7 Å². The standard InChI is InChI=1S/C18H36O2.C8H18O5.Cu/c1-2-3-4-5-6-7-8-9-10-11-12-13-14-15-16-17-18(19)20;9-1-3-11-5-7-13-8-6-12-4-2-10;/h2-17H2,1H3,(H,19,20);9-10H,1-8H2;/q;;+1/p-1. The molecular formula is C26H53CuO7. The molecule has 0 bridgehead atoms. The van der Waals surface area contributed by atoms with Crippen LogP contribution >= 0.6 is 0 Å². The predicted molar refractivity (Wildman–Crippen MR) is 131 cm³/mol. The minimum atomic E-state index is -0.903. The maximum atomic E-state index is 10.2. The zero-order valence-corrected chi connectivity index (χ0v) is 22.6. The number of carbonyl (C=O) groups is 1. The van der Waals surface area contributed by atoms with E-state index in [1.807, 2.05) is 0 Å². The minimum absolute atomic E-state index is 0. The van der Waals surface area contributed by atoms with Gasteiger partial charge in [0, 0.05) is 5.97 Å². The van der Waals surface area contributed by atoms with Gasteiger partial charge in [-0.3, -0.25) is 0 Å². The molecule has 0 amide bonds. The molecule has 8 heteroatoms. The molecule has 34 heavy (non-hydrogen) atoms. The topological polar surface area (TPSA) is 108 Å². The Balaban J connectivity index is -0.000000598. The molecular weight excluding hydrogens is 488 g/mol. The van der Waals surface area contributed by atoms with Crippen LogP contribution in [0, 0.1) is 0 Å². The number of carboxylic acids is 1. The summed E-state index contributed by atoms with van der Waals surface area (Å²) in [6.07, 6.45) is 19.9. The van der Waals surface area contributed by atoms with E-state index in [1.54, 1.807) is 0 Å². The Morgan fingerprint density at radius 2 is 0.853 bits per heavy atom. The number of aliphatic carboxylic acids is 1. The van der Waals surface area contributed by atoms with Crippen molar-refractivity contribution in [2.45, 2.75) is 110 Å². The summed E-state index contributed by atoms with van der Waals surface area (Å²) in [5.74, 6) is -0.903. The number of carbonyl (C=O) groups excluding carboxylic acids is 1. The van der Waals surface area contributed by atoms with Crippen LogP contribution < -0.4 is 5.11 Å². The first kappa shape index (κ1) is 38.3. The van der Waals surface area contributed by atoms with Gasteiger partial charge in [0.05, 0.1) is 52.9 Å². The van der Waals surface area contributed by atoms with Crippen molar-refractivity contribution < 1.29 is 51.4 Å². The minimum Gasteiger partial charge on any atom is -0.550 e. The van der Waals surface area contributed by atoms with Crippen LogP contribution in [0.15, 0.2) is 0 Å². The van der Waals surface area contributed by atoms with Crippen LogP contribution in [0.1, 0.15) is 110 Å². The van der Waals surface area contributed by atoms with Gasteiger partial charge in [0.15, 0.2) is 0 Å². The molecule has 0 saturated heterocycles. The van der Waals surface area contributed by atoms with Crippen LogP contribution in [0.5, 0.6) is 0 Å². The fourth-order valence-electron chi connectivity index (χ4n) is 3.31. The maximum absolute atomic E-state index is 10.2. The molecule has 0 aromatic rings. The number of aliphatic hydroxyl groups is 2. The Bertz CT molecular complexity index is 350. The smallest absolute Gasteiger partial charge is 0.550 e. The second-order valence-electron chi connectivity index (χ2n) is 8.36. The first-order chi connectivity index (χ1) is 16.2. The van der Waals surface area contributed by atoms with Crippen LogP contribution in [0.3, 0.4) is 0 Å². The molecule has 0 aliphatic heterocycles. The van der Waals surface area contributed by atoms with E-state index in [1.165, 1.54) is 83.5 Å². The number of ether oxygens (including phenoxy) is 3. The van der Waals surface area contributed by atoms with E-state index >= 15 is 0 Å². The fraction of sp³-hybridized carbons (Fsp3) is 0.962. The second kappa shape index (κ2) is 37.3. The molecule has 0 saturated carbocycles. The van der Waals surface area contributed by atoms with Crippen molar-refractivity contribution in [3.05, 3.63) is 0 Å². The molecule has 0 unspecified atom stereocenters. The molecule has 0 spiro atoms. The molecule has 0 aromatic heterocycles. The van der Waals surface area contributed by atoms with E-state index in [9.17, 15) is 9.90 Å². The molecule has 0 heterocycles. The van der Waals surface area contributed by atoms with Gasteiger partial charge in [-0.1, -0.05) is 96.8 Å². The zero-order valence-electron chi connectivity index (χ0n) is 21.7. The SMILES string of the molecule is CCCCCCCCCCCCCCCCCC(=O)[O-].OCCOCCOCCOCCO.[Cu+]. The van der Waals surface area contributed by atoms with Crippen LogP contribution in [0.4, 0.5) is 0 Å². The van der Waals surface area contributed by atoms with E-state index in [0.717, 1.165) is 12.8 Å². The summed E-state index contributed by atoms with van der Waals surface area (Å²) in [7, 11) is 0. The molecule has 0 radical (unpaired) electrons. The summed E-state index contributed by atoms with van der Waals surface area (Å²) in [6, 6.07) is 0. The number of aliphatic hydroxyl groups excluding tert-OH is 2. The molecule has 0 fully saturated rings. The van der Waals surface area contributed by atoms with Crippen LogP contribution in [0.2, 0.25) is 0 Å². The van der Waals surface area contributed by atoms with Crippen LogP contribution in [-0.4, -0.2) is 69.0 Å². The molecule has 210 valence electrons. The summed E-state index contributed by atoms with van der Waals surface area (Å²) in [6.45, 7) is 5.03. The Morgan fingerprint density at radius 1 is 0.559 bits per heavy atom. The molecule has 0 aliphatic carbocycles. The third kappa shape index (κ3) is 42.0. The number of hydrogen-bond donors (Lipinski definition) is 2. The van der Waals surface area contributed by atoms with Crippen molar-refractivity contribution in [2.24, 2.45) is 0 Å². The van der Waals surface area contributed by atoms with Gasteiger partial charge >= 0.3 is 17.1 Å². The molecule has 0 aromatic carbocycles. The number of hydrogen-bond acceptors (Lipinski definition) is 7. The fourth-order valence-corrected chi connectivity index (χ4v) is 3.31. The third-order valence-electron chi connectivity index (χ3n) is 5.20. The average Bonchev–Trinajstić information content (AvgIpc) is 2.81. The Labute approximate surface area is 219 Å². The van der Waals surface area contributed by atoms with Gasteiger partial charge in [-0.25, -0.2) is 0 Å². The van der Waals surface area contributed by atoms with Gasteiger partial charge in [0.1, 0.15) is 0 Å². The average molecular weight is 541 g/mol. The van der Waals surface area contributed by atoms with Crippen molar-refractivity contribution in [3.8, 4) is 0 Å². The van der Waals surface area contributed by atoms with Crippen molar-refractivity contribution in [2.75, 3.05) is 52.9 Å². The largest absolute Gasteiger partial charge is 1.00 e. The van der Waals surface area contributed by atoms with E-state index in [4.69, 9.17) is 24.4 Å². The van der Waals surface area contributed by atoms with Gasteiger partial charge < -0.3 is 34.3 Å². The molecule has 0 aliphatic rings. The second-order valence-corrected chi connectivity index (χ2v) is 8.36. The first-order valence-corrected chi connectivity index (χ1v) is 13.3. The van der Waals surface area contributed by atoms with Gasteiger partial charge in [-0.2, -0.15) is 0 Å². The van der Waals surface area contributed by atoms with E-state index in [2.05, 4.69) is 6.92 Å². The van der Waals surface area contributed by atoms with Crippen molar-refractivity contribution in [3.63, 3.8) is 0 Å². The summed E-state index contributed by atoms with van der Waals surface area (Å²) in [4.78, 5) is 10.2. The Hall–Kier alpha value is -0.211. The van der Waals surface area contributed by atoms with E-state index < -0.39 is 5.97 Å². The zero-order chi connectivity index (χ0) is 24.7. The summed E-state index contributed by atoms with van der Waals surface area (Å²) >= 11 is 0. The van der Waals surface area contributed by atoms with E-state index in [0.29, 0.717) is 39.6 Å². The summed E-state index contributed by atoms with van der Waals surface area (Å²) in [5.41, 5.74) is 0. The van der Waals surface area contributed by atoms with Gasteiger partial charge in [0.2, 0.25) is 0 Å². The molecule has 0 rings (SSSR count).